The van der Waals surface area contributed by atoms with Crippen LogP contribution in [0.5, 0.6) is 17.2 Å². The highest BCUT2D eigenvalue weighted by Crippen LogP contribution is 2.32. The summed E-state index contributed by atoms with van der Waals surface area (Å²) in [7, 11) is 0. The van der Waals surface area contributed by atoms with Crippen molar-refractivity contribution in [3.63, 3.8) is 0 Å². The number of hydrogen-bond donors (Lipinski definition) is 2. The molecule has 0 saturated heterocycles. The van der Waals surface area contributed by atoms with Crippen LogP contribution < -0.4 is 25.4 Å². The van der Waals surface area contributed by atoms with Crippen molar-refractivity contribution in [1.29, 1.82) is 0 Å². The molecule has 178 valence electrons. The molecule has 3 heterocycles. The highest BCUT2D eigenvalue weighted by molar-refractivity contribution is 6.02. The van der Waals surface area contributed by atoms with Gasteiger partial charge in [-0.1, -0.05) is 5.21 Å². The van der Waals surface area contributed by atoms with Gasteiger partial charge < -0.3 is 19.9 Å². The minimum atomic E-state index is -0.588. The topological polar surface area (TPSA) is 165 Å². The predicted molar refractivity (Wildman–Crippen MR) is 122 cm³/mol. The zero-order valence-electron chi connectivity index (χ0n) is 18.8. The third-order valence-electron chi connectivity index (χ3n) is 5.14. The summed E-state index contributed by atoms with van der Waals surface area (Å²) in [6.45, 7) is 4.33. The Morgan fingerprint density at radius 2 is 1.97 bits per heavy atom. The van der Waals surface area contributed by atoms with Crippen LogP contribution in [0.15, 0.2) is 52.2 Å². The Labute approximate surface area is 198 Å². The van der Waals surface area contributed by atoms with E-state index in [4.69, 9.17) is 24.6 Å². The largest absolute Gasteiger partial charge is 0.494 e. The number of carbonyl (C=O) groups is 1. The van der Waals surface area contributed by atoms with E-state index in [0.29, 0.717) is 40.8 Å². The van der Waals surface area contributed by atoms with Gasteiger partial charge in [0.15, 0.2) is 17.2 Å². The molecule has 2 aromatic heterocycles. The fourth-order valence-electron chi connectivity index (χ4n) is 3.43. The Balaban J connectivity index is 1.47. The molecule has 1 aliphatic rings. The van der Waals surface area contributed by atoms with Crippen molar-refractivity contribution in [2.45, 2.75) is 13.8 Å². The summed E-state index contributed by atoms with van der Waals surface area (Å²) in [4.78, 5) is 13.1. The van der Waals surface area contributed by atoms with E-state index >= 15 is 0 Å². The third kappa shape index (κ3) is 4.21. The first kappa shape index (κ1) is 21.9. The van der Waals surface area contributed by atoms with Crippen molar-refractivity contribution >= 4 is 17.4 Å². The van der Waals surface area contributed by atoms with Crippen LogP contribution in [0.25, 0.3) is 17.1 Å². The molecule has 1 amide bonds. The molecule has 0 unspecified atom stereocenters. The number of hydrogen-bond acceptors (Lipinski definition) is 11. The second-order valence-corrected chi connectivity index (χ2v) is 7.34. The lowest BCUT2D eigenvalue weighted by molar-refractivity contribution is 0.0950. The maximum absolute atomic E-state index is 13.1. The first-order chi connectivity index (χ1) is 17.0. The van der Waals surface area contributed by atoms with E-state index in [-0.39, 0.29) is 24.1 Å². The molecular weight excluding hydrogens is 456 g/mol. The number of anilines is 1. The zero-order valence-corrected chi connectivity index (χ0v) is 18.8. The van der Waals surface area contributed by atoms with Gasteiger partial charge in [0, 0.05) is 11.1 Å². The molecule has 13 heteroatoms. The molecule has 0 spiro atoms. The van der Waals surface area contributed by atoms with Gasteiger partial charge in [0.25, 0.3) is 5.91 Å². The van der Waals surface area contributed by atoms with Gasteiger partial charge in [-0.3, -0.25) is 4.79 Å². The molecule has 13 nitrogen and oxygen atoms in total. The average Bonchev–Trinajstić information content (AvgIpc) is 3.61. The molecule has 5 rings (SSSR count). The van der Waals surface area contributed by atoms with Gasteiger partial charge >= 0.3 is 0 Å². The SMILES string of the molecule is CCOc1ccc(-c2c(C(=O)N/N=C(\C)c3ccc4c(c3)OCO4)nnn2-c2nonc2N)cc1. The van der Waals surface area contributed by atoms with Gasteiger partial charge in [-0.15, -0.1) is 5.10 Å². The quantitative estimate of drug-likeness (QED) is 0.298. The van der Waals surface area contributed by atoms with Gasteiger partial charge in [0.1, 0.15) is 11.4 Å². The van der Waals surface area contributed by atoms with Crippen molar-refractivity contribution in [2.24, 2.45) is 5.10 Å². The number of aromatic nitrogens is 5. The Hall–Kier alpha value is -4.94. The Morgan fingerprint density at radius 3 is 2.71 bits per heavy atom. The number of benzene rings is 2. The number of hydrazone groups is 1. The van der Waals surface area contributed by atoms with Crippen LogP contribution in [0.3, 0.4) is 0 Å². The lowest BCUT2D eigenvalue weighted by atomic mass is 10.1. The third-order valence-corrected chi connectivity index (χ3v) is 5.14. The van der Waals surface area contributed by atoms with Gasteiger partial charge in [-0.2, -0.15) is 9.78 Å². The van der Waals surface area contributed by atoms with E-state index in [1.807, 2.05) is 13.0 Å². The molecule has 2 aromatic carbocycles. The lowest BCUT2D eigenvalue weighted by Crippen LogP contribution is -2.21. The number of fused-ring (bicyclic) bond motifs is 1. The number of ether oxygens (including phenoxy) is 3. The number of nitrogens with two attached hydrogens (primary N) is 1. The number of nitrogens with one attached hydrogen (secondary N) is 1. The van der Waals surface area contributed by atoms with E-state index in [9.17, 15) is 4.79 Å². The van der Waals surface area contributed by atoms with E-state index in [2.05, 4.69) is 31.2 Å². The minimum absolute atomic E-state index is 0.00111. The Kier molecular flexibility index (Phi) is 5.71. The monoisotopic (exact) mass is 476 g/mol. The first-order valence-electron chi connectivity index (χ1n) is 10.6. The number of rotatable bonds is 7. The van der Waals surface area contributed by atoms with Crippen LogP contribution in [0.4, 0.5) is 5.82 Å². The van der Waals surface area contributed by atoms with Crippen molar-refractivity contribution in [3.05, 3.63) is 53.7 Å². The molecule has 3 N–H and O–H groups in total. The number of nitrogen functional groups attached to an aromatic ring is 1. The number of amides is 1. The van der Waals surface area contributed by atoms with Crippen LogP contribution in [0.2, 0.25) is 0 Å². The van der Waals surface area contributed by atoms with E-state index < -0.39 is 5.91 Å². The number of carbonyl (C=O) groups excluding carboxylic acids is 1. The van der Waals surface area contributed by atoms with Crippen molar-refractivity contribution in [3.8, 4) is 34.3 Å². The Bertz CT molecular complexity index is 1410. The highest BCUT2D eigenvalue weighted by Gasteiger charge is 2.25. The van der Waals surface area contributed by atoms with Crippen LogP contribution in [-0.4, -0.2) is 50.3 Å². The summed E-state index contributed by atoms with van der Waals surface area (Å²) in [5, 5.41) is 19.7. The van der Waals surface area contributed by atoms with E-state index in [0.717, 1.165) is 5.56 Å². The fourth-order valence-corrected chi connectivity index (χ4v) is 3.43. The molecule has 0 bridgehead atoms. The molecule has 0 radical (unpaired) electrons. The normalized spacial score (nSPS) is 12.6. The lowest BCUT2D eigenvalue weighted by Gasteiger charge is -2.08. The van der Waals surface area contributed by atoms with Crippen LogP contribution in [-0.2, 0) is 0 Å². The number of nitrogens with zero attached hydrogens (tertiary/aromatic N) is 6. The highest BCUT2D eigenvalue weighted by atomic mass is 16.7. The maximum Gasteiger partial charge on any atom is 0.294 e. The average molecular weight is 476 g/mol. The summed E-state index contributed by atoms with van der Waals surface area (Å²) in [6, 6.07) is 12.5. The van der Waals surface area contributed by atoms with Crippen LogP contribution in [0.1, 0.15) is 29.9 Å². The minimum Gasteiger partial charge on any atom is -0.494 e. The fraction of sp³-hybridized carbons (Fsp3) is 0.182. The van der Waals surface area contributed by atoms with Crippen molar-refractivity contribution in [2.75, 3.05) is 19.1 Å². The summed E-state index contributed by atoms with van der Waals surface area (Å²) in [5.74, 6) is 1.45. The Morgan fingerprint density at radius 1 is 1.17 bits per heavy atom. The molecule has 0 aliphatic carbocycles. The van der Waals surface area contributed by atoms with Crippen LogP contribution >= 0.6 is 0 Å². The molecule has 0 fully saturated rings. The smallest absolute Gasteiger partial charge is 0.294 e. The van der Waals surface area contributed by atoms with Crippen molar-refractivity contribution in [1.82, 2.24) is 30.7 Å². The van der Waals surface area contributed by atoms with Crippen molar-refractivity contribution < 1.29 is 23.6 Å². The van der Waals surface area contributed by atoms with Crippen LogP contribution in [0, 0.1) is 0 Å². The second-order valence-electron chi connectivity index (χ2n) is 7.34. The maximum atomic E-state index is 13.1. The first-order valence-corrected chi connectivity index (χ1v) is 10.6. The molecule has 35 heavy (non-hydrogen) atoms. The van der Waals surface area contributed by atoms with Gasteiger partial charge in [0.05, 0.1) is 12.3 Å². The summed E-state index contributed by atoms with van der Waals surface area (Å²) in [6.07, 6.45) is 0. The van der Waals surface area contributed by atoms with E-state index in [1.165, 1.54) is 4.68 Å². The molecule has 4 aromatic rings. The summed E-state index contributed by atoms with van der Waals surface area (Å²) in [5.41, 5.74) is 10.6. The predicted octanol–water partition coefficient (Wildman–Crippen LogP) is 2.18. The summed E-state index contributed by atoms with van der Waals surface area (Å²) < 4.78 is 22.2. The van der Waals surface area contributed by atoms with Gasteiger partial charge in [0.2, 0.25) is 18.4 Å². The molecular formula is C22H20N8O5. The second kappa shape index (κ2) is 9.13. The zero-order chi connectivity index (χ0) is 24.4. The summed E-state index contributed by atoms with van der Waals surface area (Å²) >= 11 is 0. The standard InChI is InChI=1S/C22H20N8O5/c1-3-32-15-7-4-13(5-8-15)19-18(25-29-30(19)21-20(23)27-35-28-21)22(31)26-24-12(2)14-6-9-16-17(10-14)34-11-33-16/h4-10H,3,11H2,1-2H3,(H2,23,27)(H,26,31)/b24-12+. The van der Waals surface area contributed by atoms with Gasteiger partial charge in [-0.25, -0.2) is 10.1 Å². The molecule has 0 atom stereocenters. The van der Waals surface area contributed by atoms with Gasteiger partial charge in [-0.05, 0) is 66.6 Å². The molecule has 0 saturated carbocycles. The van der Waals surface area contributed by atoms with E-state index in [1.54, 1.807) is 43.3 Å². The molecule has 1 aliphatic heterocycles.